The molecule has 3 N–H and O–H groups in total. The van der Waals surface area contributed by atoms with Gasteiger partial charge in [0, 0.05) is 52.9 Å². The van der Waals surface area contributed by atoms with Crippen molar-refractivity contribution < 1.29 is 0 Å². The summed E-state index contributed by atoms with van der Waals surface area (Å²) in [5.41, 5.74) is 8.88. The molecular weight excluding hydrogens is 326 g/mol. The first-order chi connectivity index (χ1) is 11.1. The molecule has 5 heteroatoms. The summed E-state index contributed by atoms with van der Waals surface area (Å²) in [6.07, 6.45) is 0. The first-order valence-corrected chi connectivity index (χ1v) is 8.81. The number of rotatable bonds is 4. The van der Waals surface area contributed by atoms with E-state index in [4.69, 9.17) is 17.3 Å². The maximum atomic E-state index is 6.48. The van der Waals surface area contributed by atoms with Crippen LogP contribution in [0, 0.1) is 0 Å². The lowest BCUT2D eigenvalue weighted by atomic mass is 10.2. The first kappa shape index (κ1) is 16.2. The van der Waals surface area contributed by atoms with Crippen molar-refractivity contribution in [3.8, 4) is 0 Å². The number of thioether (sulfide) groups is 1. The van der Waals surface area contributed by atoms with Crippen LogP contribution in [0.5, 0.6) is 0 Å². The molecular formula is C18H20ClN3S. The van der Waals surface area contributed by atoms with Gasteiger partial charge < -0.3 is 16.0 Å². The van der Waals surface area contributed by atoms with E-state index in [9.17, 15) is 0 Å². The summed E-state index contributed by atoms with van der Waals surface area (Å²) in [5.74, 6) is 0. The number of benzene rings is 2. The number of nitrogens with two attached hydrogens (primary N) is 1. The maximum Gasteiger partial charge on any atom is 0.0566 e. The van der Waals surface area contributed by atoms with E-state index in [1.54, 1.807) is 11.8 Å². The van der Waals surface area contributed by atoms with Crippen molar-refractivity contribution >= 4 is 39.6 Å². The zero-order valence-corrected chi connectivity index (χ0v) is 14.5. The molecule has 3 rings (SSSR count). The van der Waals surface area contributed by atoms with Crippen LogP contribution in [0.2, 0.25) is 5.02 Å². The smallest absolute Gasteiger partial charge is 0.0566 e. The Labute approximate surface area is 146 Å². The second-order valence-corrected chi connectivity index (χ2v) is 7.01. The molecule has 1 fully saturated rings. The lowest BCUT2D eigenvalue weighted by Gasteiger charge is -2.29. The van der Waals surface area contributed by atoms with Crippen LogP contribution in [0.25, 0.3) is 4.91 Å². The minimum atomic E-state index is 0.735. The average molecular weight is 346 g/mol. The molecule has 1 saturated heterocycles. The zero-order chi connectivity index (χ0) is 16.2. The van der Waals surface area contributed by atoms with E-state index in [1.807, 2.05) is 30.3 Å². The number of hydrogen-bond acceptors (Lipinski definition) is 4. The van der Waals surface area contributed by atoms with Crippen molar-refractivity contribution in [1.29, 1.82) is 0 Å². The van der Waals surface area contributed by atoms with Gasteiger partial charge in [-0.15, -0.1) is 0 Å². The monoisotopic (exact) mass is 345 g/mol. The Morgan fingerprint density at radius 3 is 2.61 bits per heavy atom. The SMILES string of the molecule is C=C(Sc1ccc(N2CCNCC2)cc1Cl)c1ccccc1N. The second-order valence-electron chi connectivity index (χ2n) is 5.46. The normalized spacial score (nSPS) is 14.7. The Hall–Kier alpha value is -1.62. The minimum absolute atomic E-state index is 0.735. The number of hydrogen-bond donors (Lipinski definition) is 2. The van der Waals surface area contributed by atoms with Gasteiger partial charge in [0.05, 0.1) is 5.02 Å². The van der Waals surface area contributed by atoms with Gasteiger partial charge in [0.25, 0.3) is 0 Å². The van der Waals surface area contributed by atoms with Gasteiger partial charge in [0.1, 0.15) is 0 Å². The summed E-state index contributed by atoms with van der Waals surface area (Å²) < 4.78 is 0. The molecule has 1 heterocycles. The number of piperazine rings is 1. The Balaban J connectivity index is 1.76. The highest BCUT2D eigenvalue weighted by Gasteiger charge is 2.13. The standard InChI is InChI=1S/C18H20ClN3S/c1-13(15-4-2-3-5-17(15)20)23-18-7-6-14(12-16(18)19)22-10-8-21-9-11-22/h2-7,12,21H,1,8-11,20H2. The van der Waals surface area contributed by atoms with Gasteiger partial charge in [-0.3, -0.25) is 0 Å². The van der Waals surface area contributed by atoms with Crippen LogP contribution < -0.4 is 16.0 Å². The Kier molecular flexibility index (Phi) is 5.16. The van der Waals surface area contributed by atoms with Crippen molar-refractivity contribution in [2.75, 3.05) is 36.8 Å². The Morgan fingerprint density at radius 1 is 1.17 bits per heavy atom. The van der Waals surface area contributed by atoms with Crippen molar-refractivity contribution in [1.82, 2.24) is 5.32 Å². The van der Waals surface area contributed by atoms with Gasteiger partial charge in [0.15, 0.2) is 0 Å². The quantitative estimate of drug-likeness (QED) is 0.646. The maximum absolute atomic E-state index is 6.48. The Bertz CT molecular complexity index is 711. The number of nitrogens with one attached hydrogen (secondary N) is 1. The van der Waals surface area contributed by atoms with Crippen LogP contribution in [0.15, 0.2) is 53.9 Å². The molecule has 2 aromatic rings. The molecule has 0 saturated carbocycles. The van der Waals surface area contributed by atoms with Gasteiger partial charge >= 0.3 is 0 Å². The van der Waals surface area contributed by atoms with Gasteiger partial charge in [-0.05, 0) is 24.3 Å². The minimum Gasteiger partial charge on any atom is -0.398 e. The highest BCUT2D eigenvalue weighted by Crippen LogP contribution is 2.40. The summed E-state index contributed by atoms with van der Waals surface area (Å²) in [7, 11) is 0. The van der Waals surface area contributed by atoms with Crippen LogP contribution in [-0.2, 0) is 0 Å². The predicted molar refractivity (Wildman–Crippen MR) is 102 cm³/mol. The topological polar surface area (TPSA) is 41.3 Å². The largest absolute Gasteiger partial charge is 0.398 e. The van der Waals surface area contributed by atoms with Crippen LogP contribution >= 0.6 is 23.4 Å². The molecule has 0 unspecified atom stereocenters. The molecule has 0 bridgehead atoms. The third-order valence-corrected chi connectivity index (χ3v) is 5.36. The van der Waals surface area contributed by atoms with Crippen molar-refractivity contribution in [3.63, 3.8) is 0 Å². The lowest BCUT2D eigenvalue weighted by Crippen LogP contribution is -2.43. The van der Waals surface area contributed by atoms with Crippen LogP contribution in [-0.4, -0.2) is 26.2 Å². The molecule has 1 aliphatic heterocycles. The molecule has 1 aliphatic rings. The van der Waals surface area contributed by atoms with E-state index in [2.05, 4.69) is 28.9 Å². The van der Waals surface area contributed by atoms with Gasteiger partial charge in [0.2, 0.25) is 0 Å². The number of para-hydroxylation sites is 1. The molecule has 3 nitrogen and oxygen atoms in total. The summed E-state index contributed by atoms with van der Waals surface area (Å²) >= 11 is 8.04. The summed E-state index contributed by atoms with van der Waals surface area (Å²) in [6.45, 7) is 8.18. The molecule has 0 aromatic heterocycles. The number of anilines is 2. The zero-order valence-electron chi connectivity index (χ0n) is 12.9. The second kappa shape index (κ2) is 7.30. The number of halogens is 1. The molecule has 0 atom stereocenters. The summed E-state index contributed by atoms with van der Waals surface area (Å²) in [6, 6.07) is 14.0. The van der Waals surface area contributed by atoms with Crippen molar-refractivity contribution in [2.24, 2.45) is 0 Å². The fourth-order valence-corrected chi connectivity index (χ4v) is 3.78. The molecule has 0 spiro atoms. The Morgan fingerprint density at radius 2 is 1.91 bits per heavy atom. The fourth-order valence-electron chi connectivity index (χ4n) is 2.63. The highest BCUT2D eigenvalue weighted by molar-refractivity contribution is 8.08. The van der Waals surface area contributed by atoms with Crippen LogP contribution in [0.4, 0.5) is 11.4 Å². The van der Waals surface area contributed by atoms with Crippen molar-refractivity contribution in [3.05, 3.63) is 59.6 Å². The summed E-state index contributed by atoms with van der Waals surface area (Å²) in [5, 5.41) is 4.11. The van der Waals surface area contributed by atoms with E-state index in [-0.39, 0.29) is 0 Å². The average Bonchev–Trinajstić information content (AvgIpc) is 2.58. The molecule has 0 amide bonds. The van der Waals surface area contributed by atoms with E-state index in [0.717, 1.165) is 52.3 Å². The van der Waals surface area contributed by atoms with Gasteiger partial charge in [-0.2, -0.15) is 0 Å². The first-order valence-electron chi connectivity index (χ1n) is 7.62. The molecule has 0 aliphatic carbocycles. The fraction of sp³-hybridized carbons (Fsp3) is 0.222. The summed E-state index contributed by atoms with van der Waals surface area (Å²) in [4.78, 5) is 4.25. The van der Waals surface area contributed by atoms with E-state index in [1.165, 1.54) is 5.69 Å². The third-order valence-electron chi connectivity index (χ3n) is 3.89. The number of nitrogens with zero attached hydrogens (tertiary/aromatic N) is 1. The number of nitrogen functional groups attached to an aromatic ring is 1. The van der Waals surface area contributed by atoms with Crippen LogP contribution in [0.3, 0.4) is 0 Å². The van der Waals surface area contributed by atoms with Crippen molar-refractivity contribution in [2.45, 2.75) is 4.90 Å². The highest BCUT2D eigenvalue weighted by atomic mass is 35.5. The van der Waals surface area contributed by atoms with E-state index < -0.39 is 0 Å². The van der Waals surface area contributed by atoms with Gasteiger partial charge in [-0.25, -0.2) is 0 Å². The molecule has 0 radical (unpaired) electrons. The van der Waals surface area contributed by atoms with Crippen LogP contribution in [0.1, 0.15) is 5.56 Å². The molecule has 2 aromatic carbocycles. The third kappa shape index (κ3) is 3.83. The predicted octanol–water partition coefficient (Wildman–Crippen LogP) is 4.09. The molecule has 23 heavy (non-hydrogen) atoms. The van der Waals surface area contributed by atoms with E-state index >= 15 is 0 Å². The van der Waals surface area contributed by atoms with Gasteiger partial charge in [-0.1, -0.05) is 48.1 Å². The van der Waals surface area contributed by atoms with E-state index in [0.29, 0.717) is 0 Å². The molecule has 120 valence electrons. The lowest BCUT2D eigenvalue weighted by molar-refractivity contribution is 0.589.